The van der Waals surface area contributed by atoms with Crippen LogP contribution in [0.25, 0.3) is 0 Å². The SMILES string of the molecule is CCCCCCC(CC)CN(CC(CC)CCCC)C(=O)c1cccc(N)c1. The van der Waals surface area contributed by atoms with Crippen molar-refractivity contribution in [2.24, 2.45) is 11.8 Å². The number of carbonyl (C=O) groups is 1. The van der Waals surface area contributed by atoms with Crippen LogP contribution in [0, 0.1) is 11.8 Å². The van der Waals surface area contributed by atoms with Gasteiger partial charge in [-0.3, -0.25) is 4.79 Å². The van der Waals surface area contributed by atoms with Gasteiger partial charge in [0, 0.05) is 24.3 Å². The number of nitrogen functional groups attached to an aromatic ring is 1. The van der Waals surface area contributed by atoms with Crippen molar-refractivity contribution in [2.75, 3.05) is 18.8 Å². The van der Waals surface area contributed by atoms with E-state index >= 15 is 0 Å². The minimum Gasteiger partial charge on any atom is -0.399 e. The smallest absolute Gasteiger partial charge is 0.253 e. The summed E-state index contributed by atoms with van der Waals surface area (Å²) in [4.78, 5) is 15.5. The number of hydrogen-bond acceptors (Lipinski definition) is 2. The maximum Gasteiger partial charge on any atom is 0.253 e. The Morgan fingerprint density at radius 3 is 2.04 bits per heavy atom. The first kappa shape index (κ1) is 24.5. The first-order valence-electron chi connectivity index (χ1n) is 11.7. The van der Waals surface area contributed by atoms with E-state index < -0.39 is 0 Å². The van der Waals surface area contributed by atoms with Gasteiger partial charge in [0.15, 0.2) is 0 Å². The molecule has 0 aliphatic carbocycles. The molecule has 0 spiro atoms. The molecule has 1 rings (SSSR count). The third-order valence-corrected chi connectivity index (χ3v) is 5.96. The summed E-state index contributed by atoms with van der Waals surface area (Å²) in [5.41, 5.74) is 7.33. The van der Waals surface area contributed by atoms with Crippen molar-refractivity contribution >= 4 is 11.6 Å². The summed E-state index contributed by atoms with van der Waals surface area (Å²) in [6.45, 7) is 10.8. The van der Waals surface area contributed by atoms with Gasteiger partial charge in [0.1, 0.15) is 0 Å². The number of rotatable bonds is 15. The van der Waals surface area contributed by atoms with Gasteiger partial charge in [-0.05, 0) is 42.9 Å². The van der Waals surface area contributed by atoms with E-state index in [9.17, 15) is 4.79 Å². The second kappa shape index (κ2) is 14.5. The molecule has 0 heterocycles. The van der Waals surface area contributed by atoms with Crippen LogP contribution in [0.3, 0.4) is 0 Å². The molecular weight excluding hydrogens is 344 g/mol. The van der Waals surface area contributed by atoms with E-state index in [2.05, 4.69) is 32.6 Å². The largest absolute Gasteiger partial charge is 0.399 e. The molecule has 1 amide bonds. The highest BCUT2D eigenvalue weighted by molar-refractivity contribution is 5.95. The second-order valence-corrected chi connectivity index (χ2v) is 8.38. The molecule has 0 saturated carbocycles. The summed E-state index contributed by atoms with van der Waals surface area (Å²) < 4.78 is 0. The summed E-state index contributed by atoms with van der Waals surface area (Å²) in [7, 11) is 0. The van der Waals surface area contributed by atoms with Gasteiger partial charge >= 0.3 is 0 Å². The Kier molecular flexibility index (Phi) is 12.7. The lowest BCUT2D eigenvalue weighted by Crippen LogP contribution is -2.39. The molecule has 3 heteroatoms. The average Bonchev–Trinajstić information content (AvgIpc) is 2.71. The topological polar surface area (TPSA) is 46.3 Å². The van der Waals surface area contributed by atoms with Gasteiger partial charge in [-0.15, -0.1) is 0 Å². The van der Waals surface area contributed by atoms with Gasteiger partial charge in [0.2, 0.25) is 0 Å². The number of anilines is 1. The van der Waals surface area contributed by atoms with Crippen molar-refractivity contribution in [2.45, 2.75) is 91.9 Å². The number of benzene rings is 1. The van der Waals surface area contributed by atoms with Gasteiger partial charge in [-0.25, -0.2) is 0 Å². The fraction of sp³-hybridized carbons (Fsp3) is 0.720. The maximum absolute atomic E-state index is 13.3. The first-order chi connectivity index (χ1) is 13.5. The fourth-order valence-corrected chi connectivity index (χ4v) is 3.92. The van der Waals surface area contributed by atoms with Gasteiger partial charge in [0.25, 0.3) is 5.91 Å². The number of unbranched alkanes of at least 4 members (excludes halogenated alkanes) is 4. The highest BCUT2D eigenvalue weighted by atomic mass is 16.2. The van der Waals surface area contributed by atoms with Crippen LogP contribution < -0.4 is 5.73 Å². The van der Waals surface area contributed by atoms with Crippen LogP contribution in [0.5, 0.6) is 0 Å². The van der Waals surface area contributed by atoms with Crippen LogP contribution in [0.1, 0.15) is 102 Å². The van der Waals surface area contributed by atoms with Gasteiger partial charge < -0.3 is 10.6 Å². The van der Waals surface area contributed by atoms with Crippen molar-refractivity contribution < 1.29 is 4.79 Å². The molecule has 2 unspecified atom stereocenters. The summed E-state index contributed by atoms with van der Waals surface area (Å²) >= 11 is 0. The van der Waals surface area contributed by atoms with Gasteiger partial charge in [-0.2, -0.15) is 0 Å². The second-order valence-electron chi connectivity index (χ2n) is 8.38. The summed E-state index contributed by atoms with van der Waals surface area (Å²) in [5.74, 6) is 1.32. The zero-order valence-corrected chi connectivity index (χ0v) is 18.9. The quantitative estimate of drug-likeness (QED) is 0.262. The number of amides is 1. The lowest BCUT2D eigenvalue weighted by atomic mass is 9.94. The highest BCUT2D eigenvalue weighted by Crippen LogP contribution is 2.21. The Bertz CT molecular complexity index is 543. The normalized spacial score (nSPS) is 13.3. The molecule has 0 radical (unpaired) electrons. The number of nitrogens with two attached hydrogens (primary N) is 1. The van der Waals surface area contributed by atoms with E-state index in [1.807, 2.05) is 24.3 Å². The molecule has 0 aliphatic heterocycles. The van der Waals surface area contributed by atoms with Crippen molar-refractivity contribution in [3.8, 4) is 0 Å². The summed E-state index contributed by atoms with van der Waals surface area (Å²) in [6.07, 6.45) is 12.3. The van der Waals surface area contributed by atoms with Crippen LogP contribution in [0.15, 0.2) is 24.3 Å². The van der Waals surface area contributed by atoms with Crippen LogP contribution in [0.2, 0.25) is 0 Å². The third kappa shape index (κ3) is 9.12. The van der Waals surface area contributed by atoms with E-state index in [1.54, 1.807) is 0 Å². The van der Waals surface area contributed by atoms with Crippen LogP contribution in [0.4, 0.5) is 5.69 Å². The minimum absolute atomic E-state index is 0.147. The van der Waals surface area contributed by atoms with Crippen molar-refractivity contribution in [3.05, 3.63) is 29.8 Å². The fourth-order valence-electron chi connectivity index (χ4n) is 3.92. The molecular formula is C25H44N2O. The first-order valence-corrected chi connectivity index (χ1v) is 11.7. The molecule has 0 aromatic heterocycles. The lowest BCUT2D eigenvalue weighted by molar-refractivity contribution is 0.0684. The standard InChI is InChI=1S/C25H44N2O/c1-5-9-11-12-15-22(8-4)20-27(19-21(7-3)14-10-6-2)25(28)23-16-13-17-24(26)18-23/h13,16-18,21-22H,5-12,14-15,19-20,26H2,1-4H3. The van der Waals surface area contributed by atoms with E-state index in [0.717, 1.165) is 31.5 Å². The predicted molar refractivity (Wildman–Crippen MR) is 123 cm³/mol. The van der Waals surface area contributed by atoms with Crippen LogP contribution in [-0.2, 0) is 0 Å². The van der Waals surface area contributed by atoms with Crippen molar-refractivity contribution in [3.63, 3.8) is 0 Å². The molecule has 1 aromatic carbocycles. The summed E-state index contributed by atoms with van der Waals surface area (Å²) in [5, 5.41) is 0. The third-order valence-electron chi connectivity index (χ3n) is 5.96. The minimum atomic E-state index is 0.147. The molecule has 0 bridgehead atoms. The van der Waals surface area contributed by atoms with Crippen molar-refractivity contribution in [1.82, 2.24) is 4.90 Å². The number of nitrogens with zero attached hydrogens (tertiary/aromatic N) is 1. The Balaban J connectivity index is 2.87. The van der Waals surface area contributed by atoms with Crippen LogP contribution >= 0.6 is 0 Å². The molecule has 28 heavy (non-hydrogen) atoms. The van der Waals surface area contributed by atoms with Gasteiger partial charge in [-0.1, -0.05) is 85.1 Å². The average molecular weight is 389 g/mol. The lowest BCUT2D eigenvalue weighted by Gasteiger charge is -2.31. The van der Waals surface area contributed by atoms with Gasteiger partial charge in [0.05, 0.1) is 0 Å². The molecule has 2 N–H and O–H groups in total. The zero-order valence-electron chi connectivity index (χ0n) is 18.9. The Labute approximate surface area is 174 Å². The van der Waals surface area contributed by atoms with E-state index in [4.69, 9.17) is 5.73 Å². The molecule has 1 aromatic rings. The predicted octanol–water partition coefficient (Wildman–Crippen LogP) is 6.92. The van der Waals surface area contributed by atoms with E-state index in [1.165, 1.54) is 51.4 Å². The molecule has 0 aliphatic rings. The Morgan fingerprint density at radius 1 is 0.893 bits per heavy atom. The van der Waals surface area contributed by atoms with E-state index in [-0.39, 0.29) is 5.91 Å². The maximum atomic E-state index is 13.3. The Morgan fingerprint density at radius 2 is 1.50 bits per heavy atom. The monoisotopic (exact) mass is 388 g/mol. The van der Waals surface area contributed by atoms with Crippen molar-refractivity contribution in [1.29, 1.82) is 0 Å². The number of hydrogen-bond donors (Lipinski definition) is 1. The molecule has 3 nitrogen and oxygen atoms in total. The molecule has 2 atom stereocenters. The molecule has 160 valence electrons. The van der Waals surface area contributed by atoms with E-state index in [0.29, 0.717) is 17.5 Å². The highest BCUT2D eigenvalue weighted by Gasteiger charge is 2.22. The Hall–Kier alpha value is -1.51. The van der Waals surface area contributed by atoms with Crippen LogP contribution in [-0.4, -0.2) is 23.9 Å². The summed E-state index contributed by atoms with van der Waals surface area (Å²) in [6, 6.07) is 7.46. The molecule has 0 fully saturated rings. The zero-order chi connectivity index (χ0) is 20.8. The molecule has 0 saturated heterocycles. The number of carbonyl (C=O) groups excluding carboxylic acids is 1.